The summed E-state index contributed by atoms with van der Waals surface area (Å²) >= 11 is 0. The number of furan rings is 1. The van der Waals surface area contributed by atoms with Gasteiger partial charge in [0.15, 0.2) is 0 Å². The Hall–Kier alpha value is -2.56. The van der Waals surface area contributed by atoms with E-state index < -0.39 is 0 Å². The van der Waals surface area contributed by atoms with Gasteiger partial charge >= 0.3 is 7.12 Å². The van der Waals surface area contributed by atoms with Crippen LogP contribution in [0.4, 0.5) is 0 Å². The zero-order valence-corrected chi connectivity index (χ0v) is 19.2. The Morgan fingerprint density at radius 2 is 1.48 bits per heavy atom. The Labute approximate surface area is 184 Å². The van der Waals surface area contributed by atoms with Crippen LogP contribution in [-0.2, 0) is 9.31 Å². The van der Waals surface area contributed by atoms with Gasteiger partial charge in [0.1, 0.15) is 11.3 Å². The standard InChI is InChI=1S/C27H29BO3/c1-17(2)25-16-22-20(10-8-12-24(22)29-25)19-14-13-18-9-7-11-23(21(18)15-19)28-30-26(3,4)27(5,6)31-28/h7-17H,1-6H3. The van der Waals surface area contributed by atoms with Crippen LogP contribution in [-0.4, -0.2) is 18.3 Å². The molecule has 0 saturated carbocycles. The summed E-state index contributed by atoms with van der Waals surface area (Å²) < 4.78 is 18.8. The highest BCUT2D eigenvalue weighted by Crippen LogP contribution is 2.38. The molecule has 0 radical (unpaired) electrons. The molecule has 5 rings (SSSR count). The second kappa shape index (κ2) is 6.98. The van der Waals surface area contributed by atoms with Gasteiger partial charge in [-0.05, 0) is 73.3 Å². The minimum Gasteiger partial charge on any atom is -0.461 e. The summed E-state index contributed by atoms with van der Waals surface area (Å²) in [6.07, 6.45) is 0. The van der Waals surface area contributed by atoms with Gasteiger partial charge < -0.3 is 13.7 Å². The topological polar surface area (TPSA) is 31.6 Å². The lowest BCUT2D eigenvalue weighted by Crippen LogP contribution is -2.41. The molecule has 0 spiro atoms. The van der Waals surface area contributed by atoms with Crippen molar-refractivity contribution >= 4 is 34.3 Å². The Morgan fingerprint density at radius 1 is 0.774 bits per heavy atom. The van der Waals surface area contributed by atoms with Crippen molar-refractivity contribution in [2.24, 2.45) is 0 Å². The smallest absolute Gasteiger partial charge is 0.461 e. The van der Waals surface area contributed by atoms with Crippen molar-refractivity contribution in [2.45, 2.75) is 58.7 Å². The maximum atomic E-state index is 6.37. The van der Waals surface area contributed by atoms with Crippen LogP contribution in [0.5, 0.6) is 0 Å². The molecule has 0 aliphatic carbocycles. The molecule has 0 unspecified atom stereocenters. The third-order valence-corrected chi connectivity index (χ3v) is 6.88. The summed E-state index contributed by atoms with van der Waals surface area (Å²) in [6.45, 7) is 12.7. The minimum absolute atomic E-state index is 0.354. The van der Waals surface area contributed by atoms with E-state index in [1.807, 2.05) is 6.07 Å². The van der Waals surface area contributed by atoms with E-state index in [-0.39, 0.29) is 18.3 Å². The molecule has 1 fully saturated rings. The normalized spacial score (nSPS) is 17.8. The highest BCUT2D eigenvalue weighted by molar-refractivity contribution is 6.65. The fourth-order valence-electron chi connectivity index (χ4n) is 4.26. The number of benzene rings is 3. The number of hydrogen-bond donors (Lipinski definition) is 0. The van der Waals surface area contributed by atoms with Crippen molar-refractivity contribution in [2.75, 3.05) is 0 Å². The van der Waals surface area contributed by atoms with Crippen molar-refractivity contribution in [3.8, 4) is 11.1 Å². The Kier molecular flexibility index (Phi) is 4.58. The van der Waals surface area contributed by atoms with E-state index >= 15 is 0 Å². The maximum absolute atomic E-state index is 6.37. The van der Waals surface area contributed by atoms with Crippen LogP contribution >= 0.6 is 0 Å². The lowest BCUT2D eigenvalue weighted by molar-refractivity contribution is 0.00578. The van der Waals surface area contributed by atoms with Gasteiger partial charge in [0.25, 0.3) is 0 Å². The zero-order chi connectivity index (χ0) is 22.0. The van der Waals surface area contributed by atoms with Crippen molar-refractivity contribution in [1.29, 1.82) is 0 Å². The first kappa shape index (κ1) is 20.4. The number of fused-ring (bicyclic) bond motifs is 2. The highest BCUT2D eigenvalue weighted by atomic mass is 16.7. The van der Waals surface area contributed by atoms with Crippen LogP contribution in [0.1, 0.15) is 53.2 Å². The second-order valence-corrected chi connectivity index (χ2v) is 9.89. The molecule has 0 atom stereocenters. The van der Waals surface area contributed by atoms with Crippen LogP contribution in [0, 0.1) is 0 Å². The van der Waals surface area contributed by atoms with Gasteiger partial charge in [0.2, 0.25) is 0 Å². The third-order valence-electron chi connectivity index (χ3n) is 6.88. The molecule has 1 aliphatic rings. The second-order valence-electron chi connectivity index (χ2n) is 9.89. The molecule has 3 nitrogen and oxygen atoms in total. The number of rotatable bonds is 3. The zero-order valence-electron chi connectivity index (χ0n) is 19.2. The van der Waals surface area contributed by atoms with E-state index in [2.05, 4.69) is 96.1 Å². The number of hydrogen-bond acceptors (Lipinski definition) is 3. The monoisotopic (exact) mass is 412 g/mol. The van der Waals surface area contributed by atoms with Crippen LogP contribution in [0.3, 0.4) is 0 Å². The molecular weight excluding hydrogens is 383 g/mol. The molecule has 2 heterocycles. The molecule has 0 amide bonds. The van der Waals surface area contributed by atoms with Gasteiger partial charge in [0, 0.05) is 11.3 Å². The Morgan fingerprint density at radius 3 is 2.19 bits per heavy atom. The van der Waals surface area contributed by atoms with Gasteiger partial charge in [-0.15, -0.1) is 0 Å². The van der Waals surface area contributed by atoms with Crippen LogP contribution in [0.2, 0.25) is 0 Å². The van der Waals surface area contributed by atoms with Crippen molar-refractivity contribution < 1.29 is 13.7 Å². The van der Waals surface area contributed by atoms with E-state index in [1.165, 1.54) is 10.9 Å². The van der Waals surface area contributed by atoms with E-state index in [4.69, 9.17) is 13.7 Å². The third kappa shape index (κ3) is 3.29. The summed E-state index contributed by atoms with van der Waals surface area (Å²) in [4.78, 5) is 0. The molecule has 31 heavy (non-hydrogen) atoms. The summed E-state index contributed by atoms with van der Waals surface area (Å²) in [5, 5.41) is 3.49. The largest absolute Gasteiger partial charge is 0.495 e. The van der Waals surface area contributed by atoms with Crippen molar-refractivity contribution in [3.05, 3.63) is 66.4 Å². The quantitative estimate of drug-likeness (QED) is 0.352. The Bertz CT molecular complexity index is 1270. The Balaban J connectivity index is 1.65. The highest BCUT2D eigenvalue weighted by Gasteiger charge is 2.52. The lowest BCUT2D eigenvalue weighted by Gasteiger charge is -2.32. The molecular formula is C27H29BO3. The predicted octanol–water partition coefficient (Wildman–Crippen LogP) is 6.68. The fraction of sp³-hybridized carbons (Fsp3) is 0.333. The fourth-order valence-corrected chi connectivity index (χ4v) is 4.26. The minimum atomic E-state index is -0.388. The van der Waals surface area contributed by atoms with Gasteiger partial charge in [-0.2, -0.15) is 0 Å². The predicted molar refractivity (Wildman–Crippen MR) is 129 cm³/mol. The average molecular weight is 412 g/mol. The van der Waals surface area contributed by atoms with E-state index in [0.717, 1.165) is 33.1 Å². The molecule has 0 N–H and O–H groups in total. The van der Waals surface area contributed by atoms with E-state index in [0.29, 0.717) is 5.92 Å². The SMILES string of the molecule is CC(C)c1cc2c(-c3ccc4cccc(B5OC(C)(C)C(C)(C)O5)c4c3)cccc2o1. The van der Waals surface area contributed by atoms with Crippen molar-refractivity contribution in [3.63, 3.8) is 0 Å². The molecule has 1 aromatic heterocycles. The van der Waals surface area contributed by atoms with Crippen LogP contribution in [0.15, 0.2) is 65.1 Å². The first-order valence-corrected chi connectivity index (χ1v) is 11.1. The first-order valence-electron chi connectivity index (χ1n) is 11.1. The van der Waals surface area contributed by atoms with Crippen LogP contribution < -0.4 is 5.46 Å². The summed E-state index contributed by atoms with van der Waals surface area (Å²) in [7, 11) is -0.388. The van der Waals surface area contributed by atoms with Gasteiger partial charge in [-0.25, -0.2) is 0 Å². The summed E-state index contributed by atoms with van der Waals surface area (Å²) in [6, 6.07) is 21.4. The maximum Gasteiger partial charge on any atom is 0.495 e. The lowest BCUT2D eigenvalue weighted by atomic mass is 9.75. The molecule has 4 heteroatoms. The summed E-state index contributed by atoms with van der Waals surface area (Å²) in [5.41, 5.74) is 3.61. The average Bonchev–Trinajstić information content (AvgIpc) is 3.25. The van der Waals surface area contributed by atoms with Crippen LogP contribution in [0.25, 0.3) is 32.9 Å². The van der Waals surface area contributed by atoms with E-state index in [9.17, 15) is 0 Å². The molecule has 1 aliphatic heterocycles. The molecule has 0 bridgehead atoms. The molecule has 4 aromatic rings. The van der Waals surface area contributed by atoms with E-state index in [1.54, 1.807) is 0 Å². The van der Waals surface area contributed by atoms with Gasteiger partial charge in [-0.1, -0.05) is 56.3 Å². The first-order chi connectivity index (χ1) is 14.7. The molecule has 158 valence electrons. The molecule has 3 aromatic carbocycles. The summed E-state index contributed by atoms with van der Waals surface area (Å²) in [5.74, 6) is 1.37. The molecule has 1 saturated heterocycles. The van der Waals surface area contributed by atoms with Gasteiger partial charge in [0.05, 0.1) is 11.2 Å². The van der Waals surface area contributed by atoms with Gasteiger partial charge in [-0.3, -0.25) is 0 Å². The van der Waals surface area contributed by atoms with Crippen molar-refractivity contribution in [1.82, 2.24) is 0 Å².